The fourth-order valence-corrected chi connectivity index (χ4v) is 4.22. The Labute approximate surface area is 169 Å². The molecule has 0 saturated carbocycles. The van der Waals surface area contributed by atoms with E-state index in [2.05, 4.69) is 20.3 Å². The SMILES string of the molecule is CCOC(=O)c1nc2ccc3cnc(Nc4cccc(S(N)(=O)=O)c4)nc3c2s1. The number of aromatic nitrogens is 3. The molecule has 4 aromatic rings. The highest BCUT2D eigenvalue weighted by Crippen LogP contribution is 2.30. The van der Waals surface area contributed by atoms with Crippen molar-refractivity contribution in [1.82, 2.24) is 15.0 Å². The molecule has 2 heterocycles. The first kappa shape index (κ1) is 19.2. The van der Waals surface area contributed by atoms with Crippen molar-refractivity contribution in [3.63, 3.8) is 0 Å². The molecule has 0 aliphatic rings. The van der Waals surface area contributed by atoms with Crippen molar-refractivity contribution in [3.8, 4) is 0 Å². The van der Waals surface area contributed by atoms with E-state index in [-0.39, 0.29) is 22.5 Å². The Morgan fingerprint density at radius 2 is 2.07 bits per heavy atom. The van der Waals surface area contributed by atoms with Crippen LogP contribution in [0.15, 0.2) is 47.5 Å². The Hall–Kier alpha value is -3.15. The molecule has 0 amide bonds. The summed E-state index contributed by atoms with van der Waals surface area (Å²) < 4.78 is 28.8. The Bertz CT molecular complexity index is 1350. The van der Waals surface area contributed by atoms with Crippen molar-refractivity contribution in [1.29, 1.82) is 0 Å². The Balaban J connectivity index is 1.75. The summed E-state index contributed by atoms with van der Waals surface area (Å²) in [6, 6.07) is 9.65. The largest absolute Gasteiger partial charge is 0.461 e. The van der Waals surface area contributed by atoms with Crippen LogP contribution in [0.5, 0.6) is 0 Å². The van der Waals surface area contributed by atoms with E-state index in [1.807, 2.05) is 6.07 Å². The normalized spacial score (nSPS) is 11.7. The minimum Gasteiger partial charge on any atom is -0.461 e. The van der Waals surface area contributed by atoms with Gasteiger partial charge in [0.25, 0.3) is 0 Å². The highest BCUT2D eigenvalue weighted by molar-refractivity contribution is 7.89. The third-order valence-corrected chi connectivity index (χ3v) is 5.94. The monoisotopic (exact) mass is 429 g/mol. The number of esters is 1. The summed E-state index contributed by atoms with van der Waals surface area (Å²) in [4.78, 5) is 25.1. The number of ether oxygens (including phenoxy) is 1. The van der Waals surface area contributed by atoms with Gasteiger partial charge >= 0.3 is 5.97 Å². The maximum Gasteiger partial charge on any atom is 0.367 e. The van der Waals surface area contributed by atoms with Crippen LogP contribution in [-0.4, -0.2) is 35.9 Å². The Morgan fingerprint density at radius 3 is 2.83 bits per heavy atom. The summed E-state index contributed by atoms with van der Waals surface area (Å²) in [5.41, 5.74) is 1.72. The van der Waals surface area contributed by atoms with Gasteiger partial charge < -0.3 is 10.1 Å². The number of thiazole rings is 1. The summed E-state index contributed by atoms with van der Waals surface area (Å²) in [7, 11) is -3.82. The molecular formula is C18H15N5O4S2. The number of anilines is 2. The molecule has 9 nitrogen and oxygen atoms in total. The lowest BCUT2D eigenvalue weighted by Crippen LogP contribution is -2.12. The third-order valence-electron chi connectivity index (χ3n) is 3.98. The second kappa shape index (κ2) is 7.35. The number of primary sulfonamides is 1. The van der Waals surface area contributed by atoms with E-state index in [0.717, 1.165) is 10.1 Å². The van der Waals surface area contributed by atoms with Gasteiger partial charge in [-0.15, -0.1) is 11.3 Å². The number of sulfonamides is 1. The van der Waals surface area contributed by atoms with Gasteiger partial charge in [-0.3, -0.25) is 0 Å². The standard InChI is InChI=1S/C18H15N5O4S2/c1-2-27-17(24)16-22-13-7-6-10-9-20-18(23-14(10)15(13)28-16)21-11-4-3-5-12(8-11)29(19,25)26/h3-9H,2H2,1H3,(H2,19,25,26)(H,20,21,23). The fraction of sp³-hybridized carbons (Fsp3) is 0.111. The van der Waals surface area contributed by atoms with Crippen molar-refractivity contribution >= 4 is 60.1 Å². The Morgan fingerprint density at radius 1 is 1.24 bits per heavy atom. The van der Waals surface area contributed by atoms with Crippen LogP contribution in [0.4, 0.5) is 11.6 Å². The van der Waals surface area contributed by atoms with Crippen molar-refractivity contribution < 1.29 is 17.9 Å². The van der Waals surface area contributed by atoms with Crippen LogP contribution < -0.4 is 10.5 Å². The van der Waals surface area contributed by atoms with Crippen molar-refractivity contribution in [2.75, 3.05) is 11.9 Å². The second-order valence-corrected chi connectivity index (χ2v) is 8.54. The molecule has 0 bridgehead atoms. The highest BCUT2D eigenvalue weighted by Gasteiger charge is 2.16. The summed E-state index contributed by atoms with van der Waals surface area (Å²) in [5.74, 6) is -0.211. The zero-order chi connectivity index (χ0) is 20.6. The average molecular weight is 429 g/mol. The van der Waals surface area contributed by atoms with Crippen LogP contribution in [-0.2, 0) is 14.8 Å². The molecule has 3 N–H and O–H groups in total. The number of nitrogens with one attached hydrogen (secondary N) is 1. The molecule has 29 heavy (non-hydrogen) atoms. The molecular weight excluding hydrogens is 414 g/mol. The molecule has 0 spiro atoms. The summed E-state index contributed by atoms with van der Waals surface area (Å²) >= 11 is 1.20. The zero-order valence-electron chi connectivity index (χ0n) is 15.1. The van der Waals surface area contributed by atoms with Crippen LogP contribution in [0, 0.1) is 0 Å². The van der Waals surface area contributed by atoms with Gasteiger partial charge in [0, 0.05) is 17.3 Å². The van der Waals surface area contributed by atoms with Crippen molar-refractivity contribution in [2.45, 2.75) is 11.8 Å². The summed E-state index contributed by atoms with van der Waals surface area (Å²) in [6.07, 6.45) is 1.64. The van der Waals surface area contributed by atoms with Gasteiger partial charge in [-0.05, 0) is 37.3 Å². The number of carbonyl (C=O) groups is 1. The molecule has 2 aromatic carbocycles. The van der Waals surface area contributed by atoms with Crippen LogP contribution in [0.25, 0.3) is 21.1 Å². The number of nitrogens with zero attached hydrogens (tertiary/aromatic N) is 3. The van der Waals surface area contributed by atoms with E-state index in [1.54, 1.807) is 31.3 Å². The minimum atomic E-state index is -3.82. The first-order valence-corrected chi connectivity index (χ1v) is 10.8. The van der Waals surface area contributed by atoms with Crippen LogP contribution >= 0.6 is 11.3 Å². The molecule has 0 aliphatic carbocycles. The minimum absolute atomic E-state index is 0.0211. The van der Waals surface area contributed by atoms with Gasteiger partial charge in [-0.2, -0.15) is 0 Å². The highest BCUT2D eigenvalue weighted by atomic mass is 32.2. The maximum absolute atomic E-state index is 12.0. The number of benzene rings is 2. The number of carbonyl (C=O) groups excluding carboxylic acids is 1. The number of hydrogen-bond donors (Lipinski definition) is 2. The smallest absolute Gasteiger partial charge is 0.367 e. The quantitative estimate of drug-likeness (QED) is 0.462. The lowest BCUT2D eigenvalue weighted by molar-refractivity contribution is 0.0526. The zero-order valence-corrected chi connectivity index (χ0v) is 16.8. The fourth-order valence-electron chi connectivity index (χ4n) is 2.70. The molecule has 11 heteroatoms. The van der Waals surface area contributed by atoms with E-state index in [4.69, 9.17) is 9.88 Å². The van der Waals surface area contributed by atoms with E-state index in [1.165, 1.54) is 23.5 Å². The molecule has 0 aliphatic heterocycles. The van der Waals surface area contributed by atoms with Crippen LogP contribution in [0.3, 0.4) is 0 Å². The van der Waals surface area contributed by atoms with Gasteiger partial charge in [0.05, 0.1) is 27.2 Å². The molecule has 0 unspecified atom stereocenters. The van der Waals surface area contributed by atoms with Gasteiger partial charge in [0.1, 0.15) is 0 Å². The number of fused-ring (bicyclic) bond motifs is 3. The average Bonchev–Trinajstić information content (AvgIpc) is 3.13. The van der Waals surface area contributed by atoms with Crippen LogP contribution in [0.1, 0.15) is 16.7 Å². The number of nitrogens with two attached hydrogens (primary N) is 1. The summed E-state index contributed by atoms with van der Waals surface area (Å²) in [6.45, 7) is 2.00. The van der Waals surface area contributed by atoms with Crippen LogP contribution in [0.2, 0.25) is 0 Å². The van der Waals surface area contributed by atoms with Crippen molar-refractivity contribution in [2.24, 2.45) is 5.14 Å². The van der Waals surface area contributed by atoms with E-state index >= 15 is 0 Å². The van der Waals surface area contributed by atoms with E-state index < -0.39 is 16.0 Å². The van der Waals surface area contributed by atoms with Crippen molar-refractivity contribution in [3.05, 3.63) is 47.6 Å². The lowest BCUT2D eigenvalue weighted by Gasteiger charge is -2.07. The molecule has 0 radical (unpaired) electrons. The third kappa shape index (κ3) is 3.88. The van der Waals surface area contributed by atoms with Gasteiger partial charge in [0.15, 0.2) is 0 Å². The molecule has 0 fully saturated rings. The molecule has 2 aromatic heterocycles. The molecule has 148 valence electrons. The first-order chi connectivity index (χ1) is 13.8. The molecule has 4 rings (SSSR count). The van der Waals surface area contributed by atoms with E-state index in [0.29, 0.717) is 16.7 Å². The summed E-state index contributed by atoms with van der Waals surface area (Å²) in [5, 5.41) is 9.18. The number of hydrogen-bond acceptors (Lipinski definition) is 9. The predicted molar refractivity (Wildman–Crippen MR) is 110 cm³/mol. The first-order valence-electron chi connectivity index (χ1n) is 8.48. The van der Waals surface area contributed by atoms with Gasteiger partial charge in [0.2, 0.25) is 21.0 Å². The lowest BCUT2D eigenvalue weighted by atomic mass is 10.2. The van der Waals surface area contributed by atoms with E-state index in [9.17, 15) is 13.2 Å². The maximum atomic E-state index is 12.0. The molecule has 0 atom stereocenters. The predicted octanol–water partition coefficient (Wildman–Crippen LogP) is 2.81. The van der Waals surface area contributed by atoms with Gasteiger partial charge in [-0.25, -0.2) is 33.3 Å². The molecule has 0 saturated heterocycles. The topological polar surface area (TPSA) is 137 Å². The second-order valence-electron chi connectivity index (χ2n) is 5.98. The Kier molecular flexibility index (Phi) is 4.86. The number of rotatable bonds is 5. The van der Waals surface area contributed by atoms with Gasteiger partial charge in [-0.1, -0.05) is 6.07 Å².